The average Bonchev–Trinajstić information content (AvgIpc) is 2.66. The van der Waals surface area contributed by atoms with Gasteiger partial charge in [-0.25, -0.2) is 9.69 Å². The molecule has 6 heteroatoms. The lowest BCUT2D eigenvalue weighted by Crippen LogP contribution is -2.41. The zero-order valence-electron chi connectivity index (χ0n) is 14.4. The van der Waals surface area contributed by atoms with E-state index in [0.717, 1.165) is 4.90 Å². The Bertz CT molecular complexity index is 899. The number of benzene rings is 2. The van der Waals surface area contributed by atoms with Crippen molar-refractivity contribution in [2.24, 2.45) is 0 Å². The lowest BCUT2D eigenvalue weighted by molar-refractivity contribution is -0.113. The second-order valence-electron chi connectivity index (χ2n) is 5.53. The number of amides is 2. The maximum Gasteiger partial charge on any atom is 0.338 e. The number of rotatable bonds is 4. The predicted octanol–water partition coefficient (Wildman–Crippen LogP) is 3.04. The smallest absolute Gasteiger partial charge is 0.338 e. The van der Waals surface area contributed by atoms with Crippen LogP contribution in [0.5, 0.6) is 0 Å². The van der Waals surface area contributed by atoms with E-state index in [4.69, 9.17) is 9.47 Å². The van der Waals surface area contributed by atoms with Gasteiger partial charge in [-0.05, 0) is 37.3 Å². The number of imide groups is 1. The van der Waals surface area contributed by atoms with Crippen LogP contribution in [0.1, 0.15) is 33.2 Å². The molecule has 2 aromatic rings. The summed E-state index contributed by atoms with van der Waals surface area (Å²) in [4.78, 5) is 38.6. The summed E-state index contributed by atoms with van der Waals surface area (Å²) >= 11 is 0. The Morgan fingerprint density at radius 2 is 1.65 bits per heavy atom. The molecule has 26 heavy (non-hydrogen) atoms. The second kappa shape index (κ2) is 7.23. The number of esters is 1. The third-order valence-corrected chi connectivity index (χ3v) is 3.96. The first-order valence-corrected chi connectivity index (χ1v) is 8.06. The first-order valence-electron chi connectivity index (χ1n) is 8.06. The summed E-state index contributed by atoms with van der Waals surface area (Å²) in [6, 6.07) is 13.0. The molecule has 0 saturated heterocycles. The van der Waals surface area contributed by atoms with E-state index >= 15 is 0 Å². The predicted molar refractivity (Wildman–Crippen MR) is 95.6 cm³/mol. The maximum atomic E-state index is 12.9. The number of fused-ring (bicyclic) bond motifs is 1. The molecule has 0 aromatic heterocycles. The maximum absolute atomic E-state index is 12.9. The van der Waals surface area contributed by atoms with Crippen molar-refractivity contribution in [1.29, 1.82) is 0 Å². The van der Waals surface area contributed by atoms with Crippen LogP contribution in [0.15, 0.2) is 54.8 Å². The quantitative estimate of drug-likeness (QED) is 0.366. The molecule has 0 aliphatic carbocycles. The van der Waals surface area contributed by atoms with Crippen molar-refractivity contribution in [1.82, 2.24) is 0 Å². The minimum Gasteiger partial charge on any atom is -0.504 e. The van der Waals surface area contributed by atoms with Crippen LogP contribution in [-0.2, 0) is 14.3 Å². The normalized spacial score (nSPS) is 15.0. The molecule has 132 valence electrons. The van der Waals surface area contributed by atoms with Gasteiger partial charge in [0.1, 0.15) is 0 Å². The van der Waals surface area contributed by atoms with Gasteiger partial charge in [0.25, 0.3) is 11.8 Å². The van der Waals surface area contributed by atoms with Gasteiger partial charge in [0, 0.05) is 11.1 Å². The van der Waals surface area contributed by atoms with Gasteiger partial charge in [0.05, 0.1) is 36.8 Å². The lowest BCUT2D eigenvalue weighted by atomic mass is 9.94. The number of anilines is 1. The Morgan fingerprint density at radius 1 is 1.00 bits per heavy atom. The lowest BCUT2D eigenvalue weighted by Gasteiger charge is -2.28. The first kappa shape index (κ1) is 17.4. The number of carbonyl (C=O) groups excluding carboxylic acids is 3. The van der Waals surface area contributed by atoms with Gasteiger partial charge in [0.2, 0.25) is 0 Å². The molecule has 0 bridgehead atoms. The van der Waals surface area contributed by atoms with Crippen molar-refractivity contribution in [3.05, 3.63) is 71.5 Å². The van der Waals surface area contributed by atoms with Crippen LogP contribution < -0.4 is 4.90 Å². The molecule has 0 spiro atoms. The van der Waals surface area contributed by atoms with E-state index in [9.17, 15) is 14.4 Å². The van der Waals surface area contributed by atoms with Gasteiger partial charge in [-0.3, -0.25) is 9.59 Å². The van der Waals surface area contributed by atoms with Gasteiger partial charge >= 0.3 is 5.97 Å². The molecule has 0 fully saturated rings. The summed E-state index contributed by atoms with van der Waals surface area (Å²) in [6.07, 6.45) is 1.33. The zero-order chi connectivity index (χ0) is 18.7. The monoisotopic (exact) mass is 351 g/mol. The summed E-state index contributed by atoms with van der Waals surface area (Å²) in [5.74, 6) is -1.37. The van der Waals surface area contributed by atoms with Crippen LogP contribution in [0.2, 0.25) is 0 Å². The Hall–Kier alpha value is -3.41. The fraction of sp³-hybridized carbons (Fsp3) is 0.150. The van der Waals surface area contributed by atoms with Crippen molar-refractivity contribution >= 4 is 29.0 Å². The highest BCUT2D eigenvalue weighted by Gasteiger charge is 2.36. The molecule has 0 unspecified atom stereocenters. The highest BCUT2D eigenvalue weighted by molar-refractivity contribution is 6.40. The fourth-order valence-electron chi connectivity index (χ4n) is 2.78. The van der Waals surface area contributed by atoms with Crippen LogP contribution in [-0.4, -0.2) is 31.5 Å². The Labute approximate surface area is 150 Å². The SMILES string of the molecule is CCOC(=O)c1ccc(N2C(=O)/C(=C/OC)c3ccccc3C2=O)cc1. The summed E-state index contributed by atoms with van der Waals surface area (Å²) in [7, 11) is 1.44. The minimum atomic E-state index is -0.487. The Morgan fingerprint density at radius 3 is 2.27 bits per heavy atom. The molecule has 1 heterocycles. The van der Waals surface area contributed by atoms with Gasteiger partial charge in [-0.2, -0.15) is 0 Å². The first-order chi connectivity index (χ1) is 12.6. The molecular formula is C20H17NO5. The molecule has 0 N–H and O–H groups in total. The topological polar surface area (TPSA) is 72.9 Å². The summed E-state index contributed by atoms with van der Waals surface area (Å²) in [6.45, 7) is 1.99. The second-order valence-corrected chi connectivity index (χ2v) is 5.53. The van der Waals surface area contributed by atoms with Crippen molar-refractivity contribution < 1.29 is 23.9 Å². The average molecular weight is 351 g/mol. The molecule has 0 saturated carbocycles. The van der Waals surface area contributed by atoms with Crippen LogP contribution in [0.25, 0.3) is 5.57 Å². The number of hydrogen-bond donors (Lipinski definition) is 0. The number of ether oxygens (including phenoxy) is 2. The standard InChI is InChI=1S/C20H17NO5/c1-3-26-20(24)13-8-10-14(11-9-13)21-18(22)16-7-5-4-6-15(16)17(12-25-2)19(21)23/h4-12H,3H2,1-2H3/b17-12+. The summed E-state index contributed by atoms with van der Waals surface area (Å²) in [5, 5.41) is 0. The Balaban J connectivity index is 2.03. The molecule has 1 aliphatic rings. The number of nitrogens with zero attached hydrogens (tertiary/aromatic N) is 1. The van der Waals surface area contributed by atoms with Crippen LogP contribution in [0, 0.1) is 0 Å². The van der Waals surface area contributed by atoms with Gasteiger partial charge in [-0.1, -0.05) is 18.2 Å². The molecule has 0 atom stereocenters. The van der Waals surface area contributed by atoms with E-state index < -0.39 is 17.8 Å². The van der Waals surface area contributed by atoms with E-state index in [2.05, 4.69) is 0 Å². The molecule has 1 aliphatic heterocycles. The van der Waals surface area contributed by atoms with Crippen LogP contribution >= 0.6 is 0 Å². The van der Waals surface area contributed by atoms with E-state index in [0.29, 0.717) is 22.4 Å². The molecule has 2 aromatic carbocycles. The van der Waals surface area contributed by atoms with E-state index in [1.807, 2.05) is 0 Å². The van der Waals surface area contributed by atoms with Crippen LogP contribution in [0.3, 0.4) is 0 Å². The van der Waals surface area contributed by atoms with Gasteiger partial charge in [-0.15, -0.1) is 0 Å². The van der Waals surface area contributed by atoms with E-state index in [-0.39, 0.29) is 12.2 Å². The summed E-state index contributed by atoms with van der Waals surface area (Å²) < 4.78 is 9.96. The van der Waals surface area contributed by atoms with Crippen molar-refractivity contribution in [3.63, 3.8) is 0 Å². The highest BCUT2D eigenvalue weighted by Crippen LogP contribution is 2.32. The minimum absolute atomic E-state index is 0.269. The molecule has 3 rings (SSSR count). The summed E-state index contributed by atoms with van der Waals surface area (Å²) in [5.41, 5.74) is 1.94. The van der Waals surface area contributed by atoms with Crippen molar-refractivity contribution in [3.8, 4) is 0 Å². The van der Waals surface area contributed by atoms with E-state index in [1.165, 1.54) is 25.5 Å². The zero-order valence-corrected chi connectivity index (χ0v) is 14.4. The highest BCUT2D eigenvalue weighted by atomic mass is 16.5. The van der Waals surface area contributed by atoms with E-state index in [1.54, 1.807) is 43.3 Å². The third-order valence-electron chi connectivity index (χ3n) is 3.96. The number of methoxy groups -OCH3 is 1. The third kappa shape index (κ3) is 2.97. The van der Waals surface area contributed by atoms with Gasteiger partial charge < -0.3 is 9.47 Å². The molecule has 2 amide bonds. The van der Waals surface area contributed by atoms with Gasteiger partial charge in [0.15, 0.2) is 0 Å². The van der Waals surface area contributed by atoms with Crippen molar-refractivity contribution in [2.45, 2.75) is 6.92 Å². The molecular weight excluding hydrogens is 334 g/mol. The Kier molecular flexibility index (Phi) is 4.84. The molecule has 0 radical (unpaired) electrons. The fourth-order valence-corrected chi connectivity index (χ4v) is 2.78. The van der Waals surface area contributed by atoms with Crippen molar-refractivity contribution in [2.75, 3.05) is 18.6 Å². The molecule has 6 nitrogen and oxygen atoms in total. The number of hydrogen-bond acceptors (Lipinski definition) is 5. The largest absolute Gasteiger partial charge is 0.504 e. The number of carbonyl (C=O) groups is 3. The van der Waals surface area contributed by atoms with Crippen LogP contribution in [0.4, 0.5) is 5.69 Å².